The second-order valence-corrected chi connectivity index (χ2v) is 6.41. The van der Waals surface area contributed by atoms with Gasteiger partial charge in [-0.05, 0) is 38.1 Å². The minimum atomic E-state index is -0.114. The van der Waals surface area contributed by atoms with E-state index >= 15 is 0 Å². The molecule has 27 heavy (non-hydrogen) atoms. The fourth-order valence-corrected chi connectivity index (χ4v) is 3.16. The van der Waals surface area contributed by atoms with Crippen molar-refractivity contribution in [3.8, 4) is 5.69 Å². The van der Waals surface area contributed by atoms with Crippen molar-refractivity contribution in [3.63, 3.8) is 0 Å². The van der Waals surface area contributed by atoms with Crippen LogP contribution >= 0.6 is 0 Å². The molecule has 136 valence electrons. The number of nitrogens with one attached hydrogen (secondary N) is 1. The van der Waals surface area contributed by atoms with Crippen LogP contribution in [0.4, 0.5) is 0 Å². The van der Waals surface area contributed by atoms with Gasteiger partial charge in [0.1, 0.15) is 12.1 Å². The van der Waals surface area contributed by atoms with Gasteiger partial charge >= 0.3 is 0 Å². The standard InChI is InChI=1S/C20H20N6O/c1-14-17(15(2)26(23-14)16-8-4-3-5-9-16)12-21-20(27)13-25-19-11-7-6-10-18(19)22-24-25/h3-11H,12-13H2,1-2H3,(H,21,27). The first kappa shape index (κ1) is 17.0. The Morgan fingerprint density at radius 3 is 2.59 bits per heavy atom. The quantitative estimate of drug-likeness (QED) is 0.593. The SMILES string of the molecule is Cc1nn(-c2ccccc2)c(C)c1CNC(=O)Cn1nnc2ccccc21. The van der Waals surface area contributed by atoms with Crippen molar-refractivity contribution in [1.82, 2.24) is 30.1 Å². The highest BCUT2D eigenvalue weighted by atomic mass is 16.2. The van der Waals surface area contributed by atoms with Crippen molar-refractivity contribution < 1.29 is 4.79 Å². The zero-order valence-corrected chi connectivity index (χ0v) is 15.3. The summed E-state index contributed by atoms with van der Waals surface area (Å²) >= 11 is 0. The lowest BCUT2D eigenvalue weighted by molar-refractivity contribution is -0.121. The number of hydrogen-bond acceptors (Lipinski definition) is 4. The molecule has 0 radical (unpaired) electrons. The van der Waals surface area contributed by atoms with E-state index in [1.54, 1.807) is 4.68 Å². The summed E-state index contributed by atoms with van der Waals surface area (Å²) in [5.74, 6) is -0.114. The topological polar surface area (TPSA) is 77.6 Å². The molecule has 0 unspecified atom stereocenters. The molecule has 2 aromatic carbocycles. The van der Waals surface area contributed by atoms with Gasteiger partial charge in [0.25, 0.3) is 0 Å². The van der Waals surface area contributed by atoms with Crippen LogP contribution in [0.15, 0.2) is 54.6 Å². The number of carbonyl (C=O) groups is 1. The summed E-state index contributed by atoms with van der Waals surface area (Å²) in [5, 5.41) is 15.7. The van der Waals surface area contributed by atoms with Crippen LogP contribution in [0.1, 0.15) is 17.0 Å². The summed E-state index contributed by atoms with van der Waals surface area (Å²) in [4.78, 5) is 12.4. The molecule has 0 aliphatic heterocycles. The first-order valence-corrected chi connectivity index (χ1v) is 8.79. The molecule has 0 saturated carbocycles. The molecule has 2 heterocycles. The van der Waals surface area contributed by atoms with Gasteiger partial charge in [-0.2, -0.15) is 5.10 Å². The number of rotatable bonds is 5. The number of benzene rings is 2. The van der Waals surface area contributed by atoms with E-state index in [1.165, 1.54) is 0 Å². The lowest BCUT2D eigenvalue weighted by atomic mass is 10.2. The van der Waals surface area contributed by atoms with Gasteiger partial charge in [0.2, 0.25) is 5.91 Å². The fraction of sp³-hybridized carbons (Fsp3) is 0.200. The average Bonchev–Trinajstić information content (AvgIpc) is 3.22. The molecule has 0 bridgehead atoms. The van der Waals surface area contributed by atoms with Crippen LogP contribution in [-0.2, 0) is 17.9 Å². The Morgan fingerprint density at radius 1 is 1.04 bits per heavy atom. The highest BCUT2D eigenvalue weighted by molar-refractivity contribution is 5.79. The van der Waals surface area contributed by atoms with E-state index in [0.29, 0.717) is 6.54 Å². The monoisotopic (exact) mass is 360 g/mol. The number of aryl methyl sites for hydroxylation is 1. The lowest BCUT2D eigenvalue weighted by Crippen LogP contribution is -2.28. The maximum atomic E-state index is 12.4. The Bertz CT molecular complexity index is 1100. The van der Waals surface area contributed by atoms with E-state index < -0.39 is 0 Å². The highest BCUT2D eigenvalue weighted by Crippen LogP contribution is 2.17. The van der Waals surface area contributed by atoms with Crippen molar-refractivity contribution in [2.24, 2.45) is 0 Å². The molecule has 4 rings (SSSR count). The largest absolute Gasteiger partial charge is 0.350 e. The Labute approximate surface area is 156 Å². The normalized spacial score (nSPS) is 11.0. The van der Waals surface area contributed by atoms with Crippen molar-refractivity contribution in [1.29, 1.82) is 0 Å². The van der Waals surface area contributed by atoms with E-state index in [0.717, 1.165) is 33.7 Å². The first-order chi connectivity index (χ1) is 13.1. The van der Waals surface area contributed by atoms with Crippen LogP contribution in [0, 0.1) is 13.8 Å². The summed E-state index contributed by atoms with van der Waals surface area (Å²) < 4.78 is 3.51. The van der Waals surface area contributed by atoms with Gasteiger partial charge in [0, 0.05) is 17.8 Å². The number of hydrogen-bond donors (Lipinski definition) is 1. The summed E-state index contributed by atoms with van der Waals surface area (Å²) in [6, 6.07) is 17.6. The third kappa shape index (κ3) is 3.31. The van der Waals surface area contributed by atoms with E-state index in [2.05, 4.69) is 20.7 Å². The summed E-state index contributed by atoms with van der Waals surface area (Å²) in [6.45, 7) is 4.53. The zero-order valence-electron chi connectivity index (χ0n) is 15.3. The fourth-order valence-electron chi connectivity index (χ4n) is 3.16. The molecule has 0 aliphatic rings. The maximum Gasteiger partial charge on any atom is 0.242 e. The van der Waals surface area contributed by atoms with Gasteiger partial charge in [-0.3, -0.25) is 4.79 Å². The van der Waals surface area contributed by atoms with Crippen molar-refractivity contribution in [2.75, 3.05) is 0 Å². The molecule has 0 saturated heterocycles. The number of amides is 1. The predicted octanol–water partition coefficient (Wildman–Crippen LogP) is 2.55. The predicted molar refractivity (Wildman–Crippen MR) is 102 cm³/mol. The molecule has 1 amide bonds. The smallest absolute Gasteiger partial charge is 0.242 e. The summed E-state index contributed by atoms with van der Waals surface area (Å²) in [6.07, 6.45) is 0. The van der Waals surface area contributed by atoms with Gasteiger partial charge in [0.05, 0.1) is 16.9 Å². The third-order valence-electron chi connectivity index (χ3n) is 4.62. The van der Waals surface area contributed by atoms with Gasteiger partial charge in [-0.15, -0.1) is 5.10 Å². The molecular formula is C20H20N6O. The Hall–Kier alpha value is -3.48. The van der Waals surface area contributed by atoms with Crippen molar-refractivity contribution >= 4 is 16.9 Å². The van der Waals surface area contributed by atoms with Crippen LogP contribution < -0.4 is 5.32 Å². The van der Waals surface area contributed by atoms with Gasteiger partial charge in [-0.25, -0.2) is 9.36 Å². The minimum Gasteiger partial charge on any atom is -0.350 e. The van der Waals surface area contributed by atoms with Gasteiger partial charge < -0.3 is 5.32 Å². The van der Waals surface area contributed by atoms with E-state index in [4.69, 9.17) is 0 Å². The average molecular weight is 360 g/mol. The Balaban J connectivity index is 1.47. The molecule has 4 aromatic rings. The van der Waals surface area contributed by atoms with Crippen LogP contribution in [0.2, 0.25) is 0 Å². The number of fused-ring (bicyclic) bond motifs is 1. The molecule has 7 heteroatoms. The molecule has 0 spiro atoms. The first-order valence-electron chi connectivity index (χ1n) is 8.79. The van der Waals surface area contributed by atoms with E-state index in [1.807, 2.05) is 73.1 Å². The molecule has 0 aliphatic carbocycles. The third-order valence-corrected chi connectivity index (χ3v) is 4.62. The van der Waals surface area contributed by atoms with Crippen LogP contribution in [-0.4, -0.2) is 30.7 Å². The summed E-state index contributed by atoms with van der Waals surface area (Å²) in [7, 11) is 0. The van der Waals surface area contributed by atoms with E-state index in [-0.39, 0.29) is 12.5 Å². The van der Waals surface area contributed by atoms with Crippen LogP contribution in [0.5, 0.6) is 0 Å². The lowest BCUT2D eigenvalue weighted by Gasteiger charge is -2.07. The van der Waals surface area contributed by atoms with Crippen molar-refractivity contribution in [3.05, 3.63) is 71.5 Å². The minimum absolute atomic E-state index is 0.114. The van der Waals surface area contributed by atoms with Gasteiger partial charge in [0.15, 0.2) is 0 Å². The number of aromatic nitrogens is 5. The van der Waals surface area contributed by atoms with Crippen LogP contribution in [0.25, 0.3) is 16.7 Å². The van der Waals surface area contributed by atoms with Crippen LogP contribution in [0.3, 0.4) is 0 Å². The zero-order chi connectivity index (χ0) is 18.8. The summed E-state index contributed by atoms with van der Waals surface area (Å²) in [5.41, 5.74) is 5.58. The second-order valence-electron chi connectivity index (χ2n) is 6.41. The number of nitrogens with zero attached hydrogens (tertiary/aromatic N) is 5. The molecule has 1 N–H and O–H groups in total. The number of carbonyl (C=O) groups excluding carboxylic acids is 1. The molecule has 7 nitrogen and oxygen atoms in total. The van der Waals surface area contributed by atoms with Crippen molar-refractivity contribution in [2.45, 2.75) is 26.9 Å². The molecule has 0 atom stereocenters. The Kier molecular flexibility index (Phi) is 4.42. The van der Waals surface area contributed by atoms with Gasteiger partial charge in [-0.1, -0.05) is 35.5 Å². The Morgan fingerprint density at radius 2 is 1.78 bits per heavy atom. The van der Waals surface area contributed by atoms with E-state index in [9.17, 15) is 4.79 Å². The molecule has 0 fully saturated rings. The number of para-hydroxylation sites is 2. The second kappa shape index (κ2) is 7.03. The maximum absolute atomic E-state index is 12.4. The molecular weight excluding hydrogens is 340 g/mol. The highest BCUT2D eigenvalue weighted by Gasteiger charge is 2.14. The molecule has 2 aromatic heterocycles.